The Balaban J connectivity index is 2.21. The molecule has 0 spiro atoms. The molecular weight excluding hydrogens is 378 g/mol. The topological polar surface area (TPSA) is 69.7 Å². The van der Waals surface area contributed by atoms with Crippen LogP contribution >= 0.6 is 0 Å². The summed E-state index contributed by atoms with van der Waals surface area (Å²) in [5.41, 5.74) is 0.688. The number of hydrogen-bond donors (Lipinski definition) is 1. The molecule has 1 aromatic carbocycles. The van der Waals surface area contributed by atoms with Crippen molar-refractivity contribution in [3.05, 3.63) is 35.4 Å². The van der Waals surface area contributed by atoms with E-state index in [1.165, 1.54) is 0 Å². The van der Waals surface area contributed by atoms with Crippen LogP contribution in [0.15, 0.2) is 24.3 Å². The highest BCUT2D eigenvalue weighted by atomic mass is 16.2. The van der Waals surface area contributed by atoms with Gasteiger partial charge >= 0.3 is 6.03 Å². The van der Waals surface area contributed by atoms with E-state index in [1.54, 1.807) is 11.8 Å². The van der Waals surface area contributed by atoms with E-state index in [-0.39, 0.29) is 17.9 Å². The molecule has 1 aromatic rings. The molecule has 0 aromatic heterocycles. The summed E-state index contributed by atoms with van der Waals surface area (Å²) in [7, 11) is 0. The lowest BCUT2D eigenvalue weighted by atomic mass is 9.84. The third kappa shape index (κ3) is 5.21. The van der Waals surface area contributed by atoms with E-state index in [0.29, 0.717) is 30.5 Å². The summed E-state index contributed by atoms with van der Waals surface area (Å²) in [6, 6.07) is 7.22. The standard InChI is InChI=1S/C24H37N3O3/c1-16(2)13-26(14-17(3)4)20(28)15-27-21(29)24(8,25-22(27)30)19-11-9-18(10-12-19)23(5,6)7/h9-12,16-17H,13-15H2,1-8H3,(H,25,30)/t24-/m0/s1. The van der Waals surface area contributed by atoms with Gasteiger partial charge in [0.1, 0.15) is 12.1 Å². The average molecular weight is 416 g/mol. The summed E-state index contributed by atoms with van der Waals surface area (Å²) in [5.74, 6) is 0.0245. The SMILES string of the molecule is CC(C)CN(CC(C)C)C(=O)CN1C(=O)N[C@@](C)(c2ccc(C(C)(C)C)cc2)C1=O. The zero-order chi connectivity index (χ0) is 22.9. The van der Waals surface area contributed by atoms with E-state index >= 15 is 0 Å². The van der Waals surface area contributed by atoms with Crippen molar-refractivity contribution >= 4 is 17.8 Å². The highest BCUT2D eigenvalue weighted by Crippen LogP contribution is 2.31. The molecule has 2 rings (SSSR count). The zero-order valence-corrected chi connectivity index (χ0v) is 19.7. The largest absolute Gasteiger partial charge is 0.341 e. The Morgan fingerprint density at radius 2 is 1.53 bits per heavy atom. The second-order valence-electron chi connectivity index (χ2n) is 10.4. The minimum Gasteiger partial charge on any atom is -0.341 e. The number of carbonyl (C=O) groups is 3. The molecule has 166 valence electrons. The number of benzene rings is 1. The van der Waals surface area contributed by atoms with Crippen LogP contribution in [0.4, 0.5) is 4.79 Å². The van der Waals surface area contributed by atoms with Crippen molar-refractivity contribution in [3.8, 4) is 0 Å². The summed E-state index contributed by atoms with van der Waals surface area (Å²) in [4.78, 5) is 41.5. The smallest absolute Gasteiger partial charge is 0.325 e. The lowest BCUT2D eigenvalue weighted by Gasteiger charge is -2.28. The molecule has 30 heavy (non-hydrogen) atoms. The molecule has 1 aliphatic rings. The van der Waals surface area contributed by atoms with Gasteiger partial charge in [-0.15, -0.1) is 0 Å². The first-order chi connectivity index (χ1) is 13.8. The van der Waals surface area contributed by atoms with Gasteiger partial charge in [0.25, 0.3) is 5.91 Å². The van der Waals surface area contributed by atoms with E-state index in [2.05, 4.69) is 26.1 Å². The monoisotopic (exact) mass is 415 g/mol. The van der Waals surface area contributed by atoms with Crippen molar-refractivity contribution in [2.45, 2.75) is 66.3 Å². The van der Waals surface area contributed by atoms with Gasteiger partial charge in [0.05, 0.1) is 0 Å². The van der Waals surface area contributed by atoms with Crippen molar-refractivity contribution in [2.24, 2.45) is 11.8 Å². The molecule has 0 radical (unpaired) electrons. The van der Waals surface area contributed by atoms with Gasteiger partial charge in [-0.2, -0.15) is 0 Å². The maximum Gasteiger partial charge on any atom is 0.325 e. The summed E-state index contributed by atoms with van der Waals surface area (Å²) < 4.78 is 0. The van der Waals surface area contributed by atoms with Crippen LogP contribution < -0.4 is 5.32 Å². The Hall–Kier alpha value is -2.37. The number of imide groups is 1. The number of amides is 4. The van der Waals surface area contributed by atoms with Gasteiger partial charge in [-0.05, 0) is 35.3 Å². The first-order valence-electron chi connectivity index (χ1n) is 10.8. The Labute approximate surface area is 181 Å². The van der Waals surface area contributed by atoms with Crippen LogP contribution in [0, 0.1) is 11.8 Å². The van der Waals surface area contributed by atoms with E-state index in [4.69, 9.17) is 0 Å². The van der Waals surface area contributed by atoms with Crippen LogP contribution in [0.5, 0.6) is 0 Å². The van der Waals surface area contributed by atoms with Crippen molar-refractivity contribution in [3.63, 3.8) is 0 Å². The highest BCUT2D eigenvalue weighted by molar-refractivity contribution is 6.09. The fraction of sp³-hybridized carbons (Fsp3) is 0.625. The molecule has 1 N–H and O–H groups in total. The van der Waals surface area contributed by atoms with Gasteiger partial charge in [-0.25, -0.2) is 4.79 Å². The Bertz CT molecular complexity index is 783. The fourth-order valence-corrected chi connectivity index (χ4v) is 3.73. The maximum absolute atomic E-state index is 13.2. The highest BCUT2D eigenvalue weighted by Gasteiger charge is 2.49. The van der Waals surface area contributed by atoms with Crippen LogP contribution in [-0.4, -0.2) is 47.3 Å². The second kappa shape index (κ2) is 8.78. The third-order valence-electron chi connectivity index (χ3n) is 5.42. The first kappa shape index (κ1) is 23.9. The number of nitrogens with one attached hydrogen (secondary N) is 1. The first-order valence-corrected chi connectivity index (χ1v) is 10.8. The number of hydrogen-bond acceptors (Lipinski definition) is 3. The van der Waals surface area contributed by atoms with Gasteiger partial charge in [0, 0.05) is 13.1 Å². The van der Waals surface area contributed by atoms with Crippen molar-refractivity contribution in [2.75, 3.05) is 19.6 Å². The van der Waals surface area contributed by atoms with Crippen molar-refractivity contribution in [1.82, 2.24) is 15.1 Å². The number of urea groups is 1. The molecule has 1 fully saturated rings. The fourth-order valence-electron chi connectivity index (χ4n) is 3.73. The molecule has 4 amide bonds. The van der Waals surface area contributed by atoms with Gasteiger partial charge in [-0.3, -0.25) is 14.5 Å². The number of rotatable bonds is 7. The van der Waals surface area contributed by atoms with Crippen LogP contribution in [0.1, 0.15) is 66.5 Å². The normalized spacial score (nSPS) is 19.6. The Morgan fingerprint density at radius 3 is 1.97 bits per heavy atom. The maximum atomic E-state index is 13.2. The molecular formula is C24H37N3O3. The summed E-state index contributed by atoms with van der Waals surface area (Å²) in [6.07, 6.45) is 0. The quantitative estimate of drug-likeness (QED) is 0.687. The van der Waals surface area contributed by atoms with E-state index in [1.807, 2.05) is 52.0 Å². The van der Waals surface area contributed by atoms with Crippen LogP contribution in [0.25, 0.3) is 0 Å². The average Bonchev–Trinajstić information content (AvgIpc) is 2.84. The summed E-state index contributed by atoms with van der Waals surface area (Å²) in [6.45, 7) is 17.2. The van der Waals surface area contributed by atoms with Gasteiger partial charge < -0.3 is 10.2 Å². The van der Waals surface area contributed by atoms with Crippen molar-refractivity contribution in [1.29, 1.82) is 0 Å². The summed E-state index contributed by atoms with van der Waals surface area (Å²) in [5, 5.41) is 2.80. The zero-order valence-electron chi connectivity index (χ0n) is 19.7. The number of nitrogens with zero attached hydrogens (tertiary/aromatic N) is 2. The minimum absolute atomic E-state index is 0.00287. The molecule has 0 unspecified atom stereocenters. The Kier molecular flexibility index (Phi) is 7.00. The molecule has 0 aliphatic carbocycles. The molecule has 1 saturated heterocycles. The molecule has 1 aliphatic heterocycles. The van der Waals surface area contributed by atoms with Gasteiger partial charge in [-0.1, -0.05) is 72.7 Å². The molecule has 0 bridgehead atoms. The van der Waals surface area contributed by atoms with Crippen LogP contribution in [-0.2, 0) is 20.5 Å². The summed E-state index contributed by atoms with van der Waals surface area (Å²) >= 11 is 0. The Morgan fingerprint density at radius 1 is 1.03 bits per heavy atom. The molecule has 1 atom stereocenters. The van der Waals surface area contributed by atoms with Crippen molar-refractivity contribution < 1.29 is 14.4 Å². The lowest BCUT2D eigenvalue weighted by molar-refractivity contribution is -0.139. The second-order valence-corrected chi connectivity index (χ2v) is 10.4. The predicted octanol–water partition coefficient (Wildman–Crippen LogP) is 3.89. The molecule has 6 nitrogen and oxygen atoms in total. The molecule has 6 heteroatoms. The van der Waals surface area contributed by atoms with E-state index < -0.39 is 17.5 Å². The molecule has 0 saturated carbocycles. The predicted molar refractivity (Wildman–Crippen MR) is 119 cm³/mol. The molecule has 1 heterocycles. The lowest BCUT2D eigenvalue weighted by Crippen LogP contribution is -2.46. The van der Waals surface area contributed by atoms with Gasteiger partial charge in [0.2, 0.25) is 5.91 Å². The van der Waals surface area contributed by atoms with Crippen LogP contribution in [0.2, 0.25) is 0 Å². The van der Waals surface area contributed by atoms with E-state index in [9.17, 15) is 14.4 Å². The van der Waals surface area contributed by atoms with Crippen LogP contribution in [0.3, 0.4) is 0 Å². The minimum atomic E-state index is -1.17. The van der Waals surface area contributed by atoms with E-state index in [0.717, 1.165) is 10.5 Å². The number of carbonyl (C=O) groups excluding carboxylic acids is 3. The van der Waals surface area contributed by atoms with Gasteiger partial charge in [0.15, 0.2) is 0 Å². The third-order valence-corrected chi connectivity index (χ3v) is 5.42.